The van der Waals surface area contributed by atoms with Gasteiger partial charge in [0.25, 0.3) is 0 Å². The Labute approximate surface area is 112 Å². The molecule has 1 aliphatic heterocycles. The Morgan fingerprint density at radius 2 is 2.17 bits per heavy atom. The minimum atomic E-state index is -2.99. The van der Waals surface area contributed by atoms with E-state index in [1.165, 1.54) is 19.1 Å². The third kappa shape index (κ3) is 5.67. The molecule has 1 aliphatic rings. The molecule has 4 nitrogen and oxygen atoms in total. The van der Waals surface area contributed by atoms with Crippen LogP contribution >= 0.6 is 0 Å². The van der Waals surface area contributed by atoms with Crippen molar-refractivity contribution in [2.24, 2.45) is 11.8 Å². The fourth-order valence-electron chi connectivity index (χ4n) is 2.58. The molecule has 1 heterocycles. The van der Waals surface area contributed by atoms with Crippen molar-refractivity contribution in [1.29, 1.82) is 0 Å². The molecule has 0 saturated carbocycles. The lowest BCUT2D eigenvalue weighted by Gasteiger charge is -2.31. The Morgan fingerprint density at radius 3 is 2.78 bits per heavy atom. The monoisotopic (exact) mass is 276 g/mol. The normalized spacial score (nSPS) is 24.1. The molecule has 2 unspecified atom stereocenters. The third-order valence-corrected chi connectivity index (χ3v) is 5.03. The van der Waals surface area contributed by atoms with Crippen LogP contribution in [0, 0.1) is 11.8 Å². The van der Waals surface area contributed by atoms with Crippen LogP contribution in [0.4, 0.5) is 0 Å². The van der Waals surface area contributed by atoms with Crippen molar-refractivity contribution in [1.82, 2.24) is 9.62 Å². The van der Waals surface area contributed by atoms with Crippen LogP contribution in [0.2, 0.25) is 0 Å². The molecule has 108 valence electrons. The predicted octanol–water partition coefficient (Wildman–Crippen LogP) is 1.68. The Bertz CT molecular complexity index is 330. The molecular weight excluding hydrogens is 248 g/mol. The van der Waals surface area contributed by atoms with Crippen LogP contribution in [0.15, 0.2) is 0 Å². The van der Waals surface area contributed by atoms with Crippen LogP contribution < -0.4 is 5.32 Å². The summed E-state index contributed by atoms with van der Waals surface area (Å²) in [5.41, 5.74) is 0. The first-order valence-corrected chi connectivity index (χ1v) is 8.94. The van der Waals surface area contributed by atoms with Gasteiger partial charge in [0.05, 0.1) is 6.26 Å². The van der Waals surface area contributed by atoms with E-state index in [4.69, 9.17) is 0 Å². The van der Waals surface area contributed by atoms with E-state index in [1.54, 1.807) is 4.31 Å². The van der Waals surface area contributed by atoms with Gasteiger partial charge in [0.15, 0.2) is 0 Å². The van der Waals surface area contributed by atoms with Crippen LogP contribution in [0.1, 0.15) is 39.5 Å². The number of piperidine rings is 1. The van der Waals surface area contributed by atoms with Crippen LogP contribution in [-0.2, 0) is 10.0 Å². The van der Waals surface area contributed by atoms with Crippen LogP contribution in [-0.4, -0.2) is 45.2 Å². The molecule has 0 aromatic rings. The molecule has 1 fully saturated rings. The van der Waals surface area contributed by atoms with Gasteiger partial charge in [0, 0.05) is 13.1 Å². The molecule has 2 atom stereocenters. The Kier molecular flexibility index (Phi) is 6.60. The van der Waals surface area contributed by atoms with Gasteiger partial charge in [-0.25, -0.2) is 12.7 Å². The van der Waals surface area contributed by atoms with E-state index < -0.39 is 10.0 Å². The molecule has 1 saturated heterocycles. The fourth-order valence-corrected chi connectivity index (χ4v) is 3.52. The van der Waals surface area contributed by atoms with E-state index in [2.05, 4.69) is 19.2 Å². The molecule has 0 amide bonds. The maximum Gasteiger partial charge on any atom is 0.211 e. The highest BCUT2D eigenvalue weighted by Crippen LogP contribution is 2.24. The first kappa shape index (κ1) is 15.9. The zero-order chi connectivity index (χ0) is 13.6. The fraction of sp³-hybridized carbons (Fsp3) is 1.00. The third-order valence-electron chi connectivity index (χ3n) is 3.76. The number of rotatable bonds is 7. The number of nitrogens with zero attached hydrogens (tertiary/aromatic N) is 1. The largest absolute Gasteiger partial charge is 0.317 e. The molecule has 0 aliphatic carbocycles. The highest BCUT2D eigenvalue weighted by Gasteiger charge is 2.25. The van der Waals surface area contributed by atoms with E-state index >= 15 is 0 Å². The molecule has 1 N–H and O–H groups in total. The van der Waals surface area contributed by atoms with Gasteiger partial charge in [-0.2, -0.15) is 0 Å². The summed E-state index contributed by atoms with van der Waals surface area (Å²) in [6.07, 6.45) is 5.86. The van der Waals surface area contributed by atoms with Gasteiger partial charge in [-0.05, 0) is 50.6 Å². The van der Waals surface area contributed by atoms with Gasteiger partial charge in [-0.1, -0.05) is 13.8 Å². The van der Waals surface area contributed by atoms with Gasteiger partial charge in [0.1, 0.15) is 0 Å². The van der Waals surface area contributed by atoms with Crippen molar-refractivity contribution in [3.05, 3.63) is 0 Å². The predicted molar refractivity (Wildman–Crippen MR) is 76.1 cm³/mol. The lowest BCUT2D eigenvalue weighted by Crippen LogP contribution is -2.39. The summed E-state index contributed by atoms with van der Waals surface area (Å²) in [5, 5.41) is 3.36. The molecule has 0 spiro atoms. The molecule has 0 bridgehead atoms. The van der Waals surface area contributed by atoms with E-state index in [1.807, 2.05) is 0 Å². The summed E-state index contributed by atoms with van der Waals surface area (Å²) in [6.45, 7) is 7.92. The maximum atomic E-state index is 11.5. The van der Waals surface area contributed by atoms with Crippen molar-refractivity contribution in [3.8, 4) is 0 Å². The SMILES string of the molecule is CCNCC(C)CCC1CCCN(S(C)(=O)=O)C1. The molecule has 0 radical (unpaired) electrons. The summed E-state index contributed by atoms with van der Waals surface area (Å²) in [7, 11) is -2.99. The molecule has 18 heavy (non-hydrogen) atoms. The van der Waals surface area contributed by atoms with Crippen molar-refractivity contribution in [2.45, 2.75) is 39.5 Å². The van der Waals surface area contributed by atoms with Crippen molar-refractivity contribution >= 4 is 10.0 Å². The van der Waals surface area contributed by atoms with Gasteiger partial charge >= 0.3 is 0 Å². The zero-order valence-corrected chi connectivity index (χ0v) is 12.8. The zero-order valence-electron chi connectivity index (χ0n) is 12.0. The highest BCUT2D eigenvalue weighted by atomic mass is 32.2. The summed E-state index contributed by atoms with van der Waals surface area (Å²) in [4.78, 5) is 0. The quantitative estimate of drug-likeness (QED) is 0.770. The number of nitrogens with one attached hydrogen (secondary N) is 1. The lowest BCUT2D eigenvalue weighted by atomic mass is 9.91. The summed E-state index contributed by atoms with van der Waals surface area (Å²) < 4.78 is 24.7. The molecule has 0 aromatic carbocycles. The van der Waals surface area contributed by atoms with E-state index in [9.17, 15) is 8.42 Å². The molecular formula is C13H28N2O2S. The second-order valence-corrected chi connectivity index (χ2v) is 7.60. The average molecular weight is 276 g/mol. The second kappa shape index (κ2) is 7.46. The first-order chi connectivity index (χ1) is 8.43. The summed E-state index contributed by atoms with van der Waals surface area (Å²) in [6, 6.07) is 0. The first-order valence-electron chi connectivity index (χ1n) is 7.09. The van der Waals surface area contributed by atoms with E-state index in [0.717, 1.165) is 32.5 Å². The maximum absolute atomic E-state index is 11.5. The van der Waals surface area contributed by atoms with E-state index in [0.29, 0.717) is 18.4 Å². The highest BCUT2D eigenvalue weighted by molar-refractivity contribution is 7.88. The van der Waals surface area contributed by atoms with Gasteiger partial charge in [-0.15, -0.1) is 0 Å². The molecule has 0 aromatic heterocycles. The van der Waals surface area contributed by atoms with Gasteiger partial charge in [0.2, 0.25) is 10.0 Å². The average Bonchev–Trinajstić information content (AvgIpc) is 2.33. The van der Waals surface area contributed by atoms with Gasteiger partial charge in [-0.3, -0.25) is 0 Å². The molecule has 5 heteroatoms. The van der Waals surface area contributed by atoms with Crippen molar-refractivity contribution < 1.29 is 8.42 Å². The summed E-state index contributed by atoms with van der Waals surface area (Å²) in [5.74, 6) is 1.23. The van der Waals surface area contributed by atoms with Crippen LogP contribution in [0.5, 0.6) is 0 Å². The Balaban J connectivity index is 2.30. The Hall–Kier alpha value is -0.130. The van der Waals surface area contributed by atoms with Crippen LogP contribution in [0.3, 0.4) is 0 Å². The van der Waals surface area contributed by atoms with Crippen molar-refractivity contribution in [3.63, 3.8) is 0 Å². The minimum Gasteiger partial charge on any atom is -0.317 e. The number of sulfonamides is 1. The smallest absolute Gasteiger partial charge is 0.211 e. The van der Waals surface area contributed by atoms with Crippen LogP contribution in [0.25, 0.3) is 0 Å². The second-order valence-electron chi connectivity index (χ2n) is 5.62. The lowest BCUT2D eigenvalue weighted by molar-refractivity contribution is 0.245. The summed E-state index contributed by atoms with van der Waals surface area (Å²) >= 11 is 0. The number of hydrogen-bond acceptors (Lipinski definition) is 3. The standard InChI is InChI=1S/C13H28N2O2S/c1-4-14-10-12(2)7-8-13-6-5-9-15(11-13)18(3,16)17/h12-14H,4-11H2,1-3H3. The molecule has 1 rings (SSSR count). The van der Waals surface area contributed by atoms with Crippen molar-refractivity contribution in [2.75, 3.05) is 32.4 Å². The Morgan fingerprint density at radius 1 is 1.44 bits per heavy atom. The number of hydrogen-bond donors (Lipinski definition) is 1. The topological polar surface area (TPSA) is 49.4 Å². The van der Waals surface area contributed by atoms with E-state index in [-0.39, 0.29) is 0 Å². The van der Waals surface area contributed by atoms with Gasteiger partial charge < -0.3 is 5.32 Å². The minimum absolute atomic E-state index is 0.553.